The third kappa shape index (κ3) is 10.4. The van der Waals surface area contributed by atoms with Gasteiger partial charge in [-0.05, 0) is 85.3 Å². The highest BCUT2D eigenvalue weighted by molar-refractivity contribution is 5.83. The van der Waals surface area contributed by atoms with E-state index in [2.05, 4.69) is 154 Å². The second-order valence-corrected chi connectivity index (χ2v) is 12.9. The Morgan fingerprint density at radius 3 is 0.810 bits per heavy atom. The van der Waals surface area contributed by atoms with Crippen molar-refractivity contribution in [1.82, 2.24) is 0 Å². The lowest BCUT2D eigenvalue weighted by molar-refractivity contribution is 1.51. The summed E-state index contributed by atoms with van der Waals surface area (Å²) < 4.78 is 0. The minimum atomic E-state index is 0.879. The Hall–Kier alpha value is -8.44. The van der Waals surface area contributed by atoms with Crippen LogP contribution in [0.2, 0.25) is 0 Å². The molecule has 0 aliphatic carbocycles. The Bertz CT molecular complexity index is 2870. The summed E-state index contributed by atoms with van der Waals surface area (Å²) >= 11 is 0. The summed E-state index contributed by atoms with van der Waals surface area (Å²) in [4.78, 5) is 0. The van der Waals surface area contributed by atoms with Crippen molar-refractivity contribution in [1.29, 1.82) is 0 Å². The first kappa shape index (κ1) is 37.9. The van der Waals surface area contributed by atoms with Crippen molar-refractivity contribution in [2.24, 2.45) is 0 Å². The number of rotatable bonds is 9. The van der Waals surface area contributed by atoms with Crippen LogP contribution in [0.4, 0.5) is 0 Å². The summed E-state index contributed by atoms with van der Waals surface area (Å²) in [5, 5.41) is 0. The van der Waals surface area contributed by atoms with E-state index in [-0.39, 0.29) is 0 Å². The van der Waals surface area contributed by atoms with Gasteiger partial charge in [-0.1, -0.05) is 229 Å². The Labute approximate surface area is 341 Å². The Kier molecular flexibility index (Phi) is 13.2. The highest BCUT2D eigenvalue weighted by atomic mass is 14.1. The maximum atomic E-state index is 3.44. The van der Waals surface area contributed by atoms with Crippen LogP contribution in [0, 0.1) is 0 Å². The average Bonchev–Trinajstić information content (AvgIpc) is 3.30. The zero-order valence-corrected chi connectivity index (χ0v) is 31.8. The van der Waals surface area contributed by atoms with E-state index in [4.69, 9.17) is 0 Å². The van der Waals surface area contributed by atoms with Gasteiger partial charge in [0.1, 0.15) is 0 Å². The monoisotopic (exact) mass is 732 g/mol. The van der Waals surface area contributed by atoms with Crippen LogP contribution < -0.4 is 0 Å². The molecule has 0 amide bonds. The van der Waals surface area contributed by atoms with Crippen molar-refractivity contribution >= 4 is 22.3 Å². The van der Waals surface area contributed by atoms with Crippen LogP contribution in [0.15, 0.2) is 276 Å². The van der Waals surface area contributed by atoms with Crippen LogP contribution >= 0.6 is 0 Å². The van der Waals surface area contributed by atoms with E-state index in [1.54, 1.807) is 0 Å². The minimum absolute atomic E-state index is 0.879. The van der Waals surface area contributed by atoms with E-state index in [0.717, 1.165) is 66.8 Å². The van der Waals surface area contributed by atoms with Gasteiger partial charge in [0.25, 0.3) is 0 Å². The summed E-state index contributed by atoms with van der Waals surface area (Å²) in [6.45, 7) is 0. The zero-order valence-electron chi connectivity index (χ0n) is 31.8. The van der Waals surface area contributed by atoms with E-state index < -0.39 is 0 Å². The van der Waals surface area contributed by atoms with Crippen LogP contribution in [-0.2, 0) is 0 Å². The van der Waals surface area contributed by atoms with Gasteiger partial charge in [0.2, 0.25) is 0 Å². The predicted octanol–water partition coefficient (Wildman–Crippen LogP) is 13.8. The third-order valence-electron chi connectivity index (χ3n) is 9.05. The van der Waals surface area contributed by atoms with Crippen LogP contribution in [-0.4, -0.2) is 0 Å². The average molecular weight is 733 g/mol. The first-order valence-electron chi connectivity index (χ1n) is 18.9. The van der Waals surface area contributed by atoms with Gasteiger partial charge in [0.15, 0.2) is 0 Å². The fourth-order valence-electron chi connectivity index (χ4n) is 6.26. The van der Waals surface area contributed by atoms with Crippen LogP contribution in [0.25, 0.3) is 22.3 Å². The highest BCUT2D eigenvalue weighted by Gasteiger charge is 2.08. The number of benzene rings is 7. The fraction of sp³-hybridized carbons (Fsp3) is 0. The van der Waals surface area contributed by atoms with Crippen LogP contribution in [0.3, 0.4) is 0 Å². The molecule has 0 radical (unpaired) electrons. The van der Waals surface area contributed by atoms with Crippen molar-refractivity contribution in [2.75, 3.05) is 0 Å². The van der Waals surface area contributed by atoms with Crippen molar-refractivity contribution in [3.05, 3.63) is 320 Å². The smallest absolute Gasteiger partial charge is 0.0400 e. The fourth-order valence-corrected chi connectivity index (χ4v) is 6.26. The highest BCUT2D eigenvalue weighted by Crippen LogP contribution is 2.27. The lowest BCUT2D eigenvalue weighted by Gasteiger charge is -2.09. The van der Waals surface area contributed by atoms with Gasteiger partial charge in [0, 0.05) is 22.3 Å². The SMILES string of the molecule is C(=C=C=C=C(c1ccccc1)c1ccc(C(=C=C=C=CC=C=C(c2ccccc2)c2ccccc2)c2ccccc2)cc1)=C=C=C(c1ccccc1)c1ccccc1. The number of allylic oxidation sites excluding steroid dienone is 2. The molecule has 7 aromatic rings. The molecule has 0 aliphatic rings. The van der Waals surface area contributed by atoms with E-state index in [1.165, 1.54) is 0 Å². The molecule has 0 fully saturated rings. The topological polar surface area (TPSA) is 0 Å². The van der Waals surface area contributed by atoms with Gasteiger partial charge in [-0.2, -0.15) is 0 Å². The summed E-state index contributed by atoms with van der Waals surface area (Å²) in [6.07, 6.45) is 3.67. The maximum absolute atomic E-state index is 3.44. The number of hydrogen-bond donors (Lipinski definition) is 0. The molecule has 0 nitrogen and oxygen atoms in total. The van der Waals surface area contributed by atoms with E-state index >= 15 is 0 Å². The predicted molar refractivity (Wildman–Crippen MR) is 239 cm³/mol. The molecule has 0 heterocycles. The molecule has 0 aliphatic heterocycles. The molecule has 0 saturated carbocycles. The lowest BCUT2D eigenvalue weighted by atomic mass is 9.94. The molecule has 0 unspecified atom stereocenters. The largest absolute Gasteiger partial charge is 0.111 e. The van der Waals surface area contributed by atoms with Crippen LogP contribution in [0.5, 0.6) is 0 Å². The summed E-state index contributed by atoms with van der Waals surface area (Å²) in [6, 6.07) is 69.6. The molecule has 268 valence electrons. The van der Waals surface area contributed by atoms with Gasteiger partial charge < -0.3 is 0 Å². The second kappa shape index (κ2) is 20.3. The van der Waals surface area contributed by atoms with Gasteiger partial charge in [-0.15, -0.1) is 5.73 Å². The first-order chi connectivity index (χ1) is 28.8. The van der Waals surface area contributed by atoms with Crippen molar-refractivity contribution in [2.45, 2.75) is 0 Å². The van der Waals surface area contributed by atoms with E-state index in [1.807, 2.05) is 121 Å². The Morgan fingerprint density at radius 2 is 0.500 bits per heavy atom. The van der Waals surface area contributed by atoms with E-state index in [0.29, 0.717) is 0 Å². The van der Waals surface area contributed by atoms with Crippen LogP contribution in [0.1, 0.15) is 44.5 Å². The molecular weight excluding hydrogens is 697 g/mol. The molecule has 7 aromatic carbocycles. The molecule has 0 aromatic heterocycles. The Balaban J connectivity index is 1.28. The molecule has 0 saturated heterocycles. The molecule has 0 spiro atoms. The number of hydrogen-bond acceptors (Lipinski definition) is 0. The first-order valence-corrected chi connectivity index (χ1v) is 18.9. The molecule has 7 rings (SSSR count). The zero-order chi connectivity index (χ0) is 39.5. The van der Waals surface area contributed by atoms with Crippen molar-refractivity contribution < 1.29 is 0 Å². The minimum Gasteiger partial charge on any atom is -0.111 e. The van der Waals surface area contributed by atoms with Gasteiger partial charge in [0.05, 0.1) is 0 Å². The molecule has 0 heteroatoms. The van der Waals surface area contributed by atoms with Crippen molar-refractivity contribution in [3.63, 3.8) is 0 Å². The third-order valence-corrected chi connectivity index (χ3v) is 9.05. The Morgan fingerprint density at radius 1 is 0.241 bits per heavy atom. The lowest BCUT2D eigenvalue weighted by Crippen LogP contribution is -1.90. The van der Waals surface area contributed by atoms with E-state index in [9.17, 15) is 0 Å². The molecule has 0 N–H and O–H groups in total. The molecular formula is C58H36. The van der Waals surface area contributed by atoms with Gasteiger partial charge in [-0.3, -0.25) is 0 Å². The molecule has 0 bridgehead atoms. The molecule has 58 heavy (non-hydrogen) atoms. The summed E-state index contributed by atoms with van der Waals surface area (Å²) in [7, 11) is 0. The van der Waals surface area contributed by atoms with Gasteiger partial charge in [-0.25, -0.2) is 0 Å². The van der Waals surface area contributed by atoms with Crippen molar-refractivity contribution in [3.8, 4) is 0 Å². The normalized spacial score (nSPS) is 9.38. The summed E-state index contributed by atoms with van der Waals surface area (Å²) in [5.74, 6) is 0. The second-order valence-electron chi connectivity index (χ2n) is 12.9. The summed E-state index contributed by atoms with van der Waals surface area (Å²) in [5.41, 5.74) is 43.7. The van der Waals surface area contributed by atoms with Gasteiger partial charge >= 0.3 is 0 Å². The maximum Gasteiger partial charge on any atom is 0.0400 e. The molecule has 0 atom stereocenters. The quantitative estimate of drug-likeness (QED) is 0.102. The standard InChI is InChI=1S/C58H36/c1(23-39-55(47-27-11-5-12-28-47)48-29-13-6-14-30-48)3-25-41-57(51-35-19-9-20-36-51)53-43-45-54(46-44-53)58(52-37-21-10-22-38-52)42-26-4-2-24-40-56(49-31-15-7-16-32-49)50-33-17-8-18-34-50/h1,5-23,27-38,43-46H.